The topological polar surface area (TPSA) is 90.3 Å². The standard InChI is InChI=1S/C24H20N2O5/c27-18-12-11-16(13-19(18)28)21-20-22(31-26(21)17-9-5-2-6-10-17)24(30)25(23(20)29)14-15-7-3-1-4-8-15/h1-13,20-22,27-28H,14H2/t20-,21+,22+/m1/s1. The number of hydroxylamine groups is 1. The van der Waals surface area contributed by atoms with E-state index in [1.807, 2.05) is 60.7 Å². The number of fused-ring (bicyclic) bond motifs is 1. The van der Waals surface area contributed by atoms with E-state index in [0.717, 1.165) is 5.56 Å². The number of para-hydroxylation sites is 1. The van der Waals surface area contributed by atoms with E-state index in [1.54, 1.807) is 11.1 Å². The molecule has 5 rings (SSSR count). The van der Waals surface area contributed by atoms with Crippen molar-refractivity contribution in [3.63, 3.8) is 0 Å². The molecule has 2 saturated heterocycles. The van der Waals surface area contributed by atoms with Crippen molar-refractivity contribution in [3.8, 4) is 11.5 Å². The van der Waals surface area contributed by atoms with Crippen LogP contribution < -0.4 is 5.06 Å². The van der Waals surface area contributed by atoms with E-state index in [-0.39, 0.29) is 29.9 Å². The van der Waals surface area contributed by atoms with Crippen LogP contribution >= 0.6 is 0 Å². The summed E-state index contributed by atoms with van der Waals surface area (Å²) in [7, 11) is 0. The van der Waals surface area contributed by atoms with E-state index in [4.69, 9.17) is 4.84 Å². The summed E-state index contributed by atoms with van der Waals surface area (Å²) in [5, 5.41) is 21.3. The van der Waals surface area contributed by atoms with Crippen molar-refractivity contribution in [3.05, 3.63) is 90.0 Å². The minimum absolute atomic E-state index is 0.174. The van der Waals surface area contributed by atoms with E-state index in [0.29, 0.717) is 11.3 Å². The van der Waals surface area contributed by atoms with Gasteiger partial charge in [0.15, 0.2) is 17.6 Å². The summed E-state index contributed by atoms with van der Waals surface area (Å²) in [5.74, 6) is -2.04. The number of nitrogens with zero attached hydrogens (tertiary/aromatic N) is 2. The third kappa shape index (κ3) is 3.19. The van der Waals surface area contributed by atoms with Crippen molar-refractivity contribution in [2.24, 2.45) is 5.92 Å². The van der Waals surface area contributed by atoms with Crippen LogP contribution in [0.15, 0.2) is 78.9 Å². The zero-order valence-corrected chi connectivity index (χ0v) is 16.5. The molecule has 0 saturated carbocycles. The Morgan fingerprint density at radius 2 is 1.48 bits per heavy atom. The Morgan fingerprint density at radius 3 is 2.16 bits per heavy atom. The number of anilines is 1. The van der Waals surface area contributed by atoms with Gasteiger partial charge in [-0.3, -0.25) is 19.3 Å². The highest BCUT2D eigenvalue weighted by Gasteiger charge is 2.59. The van der Waals surface area contributed by atoms with Gasteiger partial charge in [-0.05, 0) is 35.4 Å². The number of likely N-dealkylation sites (tertiary alicyclic amines) is 1. The van der Waals surface area contributed by atoms with Gasteiger partial charge in [0.1, 0.15) is 5.92 Å². The maximum absolute atomic E-state index is 13.4. The van der Waals surface area contributed by atoms with Crippen LogP contribution in [0.3, 0.4) is 0 Å². The zero-order chi connectivity index (χ0) is 21.5. The molecule has 2 heterocycles. The summed E-state index contributed by atoms with van der Waals surface area (Å²) in [6.07, 6.45) is -0.961. The summed E-state index contributed by atoms with van der Waals surface area (Å²) >= 11 is 0. The predicted octanol–water partition coefficient (Wildman–Crippen LogP) is 3.14. The number of amides is 2. The van der Waals surface area contributed by atoms with Gasteiger partial charge in [-0.15, -0.1) is 0 Å². The Labute approximate surface area is 178 Å². The molecule has 7 nitrogen and oxygen atoms in total. The molecule has 3 atom stereocenters. The van der Waals surface area contributed by atoms with Gasteiger partial charge < -0.3 is 10.2 Å². The fraction of sp³-hybridized carbons (Fsp3) is 0.167. The molecule has 0 spiro atoms. The predicted molar refractivity (Wildman–Crippen MR) is 112 cm³/mol. The first-order chi connectivity index (χ1) is 15.0. The smallest absolute Gasteiger partial charge is 0.262 e. The average Bonchev–Trinajstić information content (AvgIpc) is 3.29. The number of aromatic hydroxyl groups is 2. The van der Waals surface area contributed by atoms with Gasteiger partial charge in [-0.25, -0.2) is 5.06 Å². The molecule has 0 aliphatic carbocycles. The van der Waals surface area contributed by atoms with Gasteiger partial charge in [0.05, 0.1) is 18.3 Å². The lowest BCUT2D eigenvalue weighted by atomic mass is 9.90. The van der Waals surface area contributed by atoms with Crippen molar-refractivity contribution >= 4 is 17.5 Å². The summed E-state index contributed by atoms with van der Waals surface area (Å²) in [4.78, 5) is 33.8. The molecule has 0 aromatic heterocycles. The number of rotatable bonds is 4. The van der Waals surface area contributed by atoms with Crippen LogP contribution in [0.5, 0.6) is 11.5 Å². The number of phenols is 2. The molecule has 31 heavy (non-hydrogen) atoms. The normalized spacial score (nSPS) is 22.8. The number of benzene rings is 3. The van der Waals surface area contributed by atoms with Crippen LogP contribution in [0.1, 0.15) is 17.2 Å². The minimum Gasteiger partial charge on any atom is -0.504 e. The Morgan fingerprint density at radius 1 is 0.806 bits per heavy atom. The molecule has 3 aromatic carbocycles. The maximum atomic E-state index is 13.4. The second-order valence-corrected chi connectivity index (χ2v) is 7.65. The average molecular weight is 416 g/mol. The third-order valence-electron chi connectivity index (χ3n) is 5.74. The molecular formula is C24H20N2O5. The largest absolute Gasteiger partial charge is 0.504 e. The molecule has 2 aliphatic heterocycles. The van der Waals surface area contributed by atoms with Crippen LogP contribution in [0.2, 0.25) is 0 Å². The molecule has 0 radical (unpaired) electrons. The lowest BCUT2D eigenvalue weighted by molar-refractivity contribution is -0.143. The van der Waals surface area contributed by atoms with Gasteiger partial charge in [-0.1, -0.05) is 54.6 Å². The van der Waals surface area contributed by atoms with Crippen molar-refractivity contribution in [1.29, 1.82) is 0 Å². The van der Waals surface area contributed by atoms with E-state index >= 15 is 0 Å². The first-order valence-corrected chi connectivity index (χ1v) is 9.96. The quantitative estimate of drug-likeness (QED) is 0.502. The summed E-state index contributed by atoms with van der Waals surface area (Å²) in [6, 6.07) is 22.2. The molecule has 2 fully saturated rings. The number of hydrogen-bond acceptors (Lipinski definition) is 6. The Kier molecular flexibility index (Phi) is 4.60. The number of hydrogen-bond donors (Lipinski definition) is 2. The second kappa shape index (κ2) is 7.45. The lowest BCUT2D eigenvalue weighted by Crippen LogP contribution is -2.36. The highest BCUT2D eigenvalue weighted by Crippen LogP contribution is 2.47. The van der Waals surface area contributed by atoms with Crippen LogP contribution in [-0.2, 0) is 21.0 Å². The molecule has 3 aromatic rings. The van der Waals surface area contributed by atoms with Crippen LogP contribution in [0, 0.1) is 5.92 Å². The summed E-state index contributed by atoms with van der Waals surface area (Å²) in [6.45, 7) is 0.174. The molecule has 2 aliphatic rings. The molecule has 0 bridgehead atoms. The van der Waals surface area contributed by atoms with Crippen LogP contribution in [0.25, 0.3) is 0 Å². The van der Waals surface area contributed by atoms with Gasteiger partial charge >= 0.3 is 0 Å². The fourth-order valence-corrected chi connectivity index (χ4v) is 4.26. The Balaban J connectivity index is 1.54. The summed E-state index contributed by atoms with van der Waals surface area (Å²) < 4.78 is 0. The molecule has 156 valence electrons. The number of carbonyl (C=O) groups is 2. The van der Waals surface area contributed by atoms with E-state index < -0.39 is 18.1 Å². The van der Waals surface area contributed by atoms with Gasteiger partial charge in [0.2, 0.25) is 5.91 Å². The highest BCUT2D eigenvalue weighted by atomic mass is 16.7. The number of carbonyl (C=O) groups excluding carboxylic acids is 2. The zero-order valence-electron chi connectivity index (χ0n) is 16.5. The van der Waals surface area contributed by atoms with E-state index in [2.05, 4.69) is 0 Å². The van der Waals surface area contributed by atoms with Gasteiger partial charge in [0, 0.05) is 0 Å². The molecule has 2 amide bonds. The third-order valence-corrected chi connectivity index (χ3v) is 5.74. The number of phenolic OH excluding ortho intramolecular Hbond substituents is 2. The lowest BCUT2D eigenvalue weighted by Gasteiger charge is -2.28. The molecule has 0 unspecified atom stereocenters. The van der Waals surface area contributed by atoms with Crippen LogP contribution in [0.4, 0.5) is 5.69 Å². The van der Waals surface area contributed by atoms with Crippen molar-refractivity contribution in [2.45, 2.75) is 18.7 Å². The van der Waals surface area contributed by atoms with Crippen molar-refractivity contribution in [2.75, 3.05) is 5.06 Å². The molecular weight excluding hydrogens is 396 g/mol. The van der Waals surface area contributed by atoms with Crippen molar-refractivity contribution < 1.29 is 24.6 Å². The Bertz CT molecular complexity index is 1140. The van der Waals surface area contributed by atoms with Crippen molar-refractivity contribution in [1.82, 2.24) is 4.90 Å². The molecule has 7 heteroatoms. The summed E-state index contributed by atoms with van der Waals surface area (Å²) in [5.41, 5.74) is 2.10. The second-order valence-electron chi connectivity index (χ2n) is 7.65. The SMILES string of the molecule is O=C1[C@H]2[C@H](ON(c3ccccc3)[C@H]2c2ccc(O)c(O)c2)C(=O)N1Cc1ccccc1. The molecule has 2 N–H and O–H groups in total. The van der Waals surface area contributed by atoms with E-state index in [9.17, 15) is 19.8 Å². The van der Waals surface area contributed by atoms with Gasteiger partial charge in [-0.2, -0.15) is 0 Å². The highest BCUT2D eigenvalue weighted by molar-refractivity contribution is 6.07. The van der Waals surface area contributed by atoms with E-state index in [1.165, 1.54) is 17.0 Å². The first-order valence-electron chi connectivity index (χ1n) is 9.96. The fourth-order valence-electron chi connectivity index (χ4n) is 4.26. The Hall–Kier alpha value is -3.84. The first kappa shape index (κ1) is 19.1. The van der Waals surface area contributed by atoms with Gasteiger partial charge in [0.25, 0.3) is 5.91 Å². The maximum Gasteiger partial charge on any atom is 0.262 e. The van der Waals surface area contributed by atoms with Crippen LogP contribution in [-0.4, -0.2) is 33.0 Å². The minimum atomic E-state index is -0.961. The number of imide groups is 1. The monoisotopic (exact) mass is 416 g/mol.